The number of rotatable bonds is 5. The van der Waals surface area contributed by atoms with Crippen molar-refractivity contribution in [3.63, 3.8) is 0 Å². The summed E-state index contributed by atoms with van der Waals surface area (Å²) in [5, 5.41) is 8.69. The molecule has 4 heteroatoms. The summed E-state index contributed by atoms with van der Waals surface area (Å²) in [4.78, 5) is 17.4. The third-order valence-corrected chi connectivity index (χ3v) is 3.83. The van der Waals surface area contributed by atoms with Crippen molar-refractivity contribution in [1.29, 1.82) is 0 Å². The Morgan fingerprint density at radius 1 is 1.42 bits per heavy atom. The highest BCUT2D eigenvalue weighted by atomic mass is 16.4. The van der Waals surface area contributed by atoms with Crippen LogP contribution in [-0.4, -0.2) is 34.0 Å². The number of carboxylic acid groups (broad SMARTS) is 1. The monoisotopic (exact) mass is 262 g/mol. The van der Waals surface area contributed by atoms with Crippen LogP contribution in [0, 0.1) is 12.8 Å². The van der Waals surface area contributed by atoms with E-state index in [1.807, 2.05) is 13.1 Å². The van der Waals surface area contributed by atoms with Gasteiger partial charge < -0.3 is 5.11 Å². The summed E-state index contributed by atoms with van der Waals surface area (Å²) in [7, 11) is 0. The number of nitrogens with zero attached hydrogens (tertiary/aromatic N) is 2. The quantitative estimate of drug-likeness (QED) is 0.885. The van der Waals surface area contributed by atoms with E-state index in [9.17, 15) is 4.79 Å². The smallest absolute Gasteiger partial charge is 0.303 e. The fourth-order valence-electron chi connectivity index (χ4n) is 2.58. The molecule has 0 unspecified atom stereocenters. The van der Waals surface area contributed by atoms with E-state index < -0.39 is 5.97 Å². The van der Waals surface area contributed by atoms with Gasteiger partial charge in [0.15, 0.2) is 0 Å². The Kier molecular flexibility index (Phi) is 4.91. The third-order valence-electron chi connectivity index (χ3n) is 3.83. The predicted octanol–water partition coefficient (Wildman–Crippen LogP) is 2.47. The molecule has 1 N–H and O–H groups in total. The van der Waals surface area contributed by atoms with Crippen LogP contribution in [0.3, 0.4) is 0 Å². The van der Waals surface area contributed by atoms with Gasteiger partial charge >= 0.3 is 5.97 Å². The minimum Gasteiger partial charge on any atom is -0.481 e. The first-order chi connectivity index (χ1) is 9.13. The Balaban J connectivity index is 1.74. The van der Waals surface area contributed by atoms with E-state index in [0.29, 0.717) is 12.3 Å². The summed E-state index contributed by atoms with van der Waals surface area (Å²) in [5.41, 5.74) is 2.31. The second-order valence-corrected chi connectivity index (χ2v) is 5.48. The minimum atomic E-state index is -0.675. The number of aryl methyl sites for hydroxylation is 1. The highest BCUT2D eigenvalue weighted by molar-refractivity contribution is 5.66. The predicted molar refractivity (Wildman–Crippen MR) is 73.8 cm³/mol. The topological polar surface area (TPSA) is 53.4 Å². The van der Waals surface area contributed by atoms with Gasteiger partial charge in [-0.1, -0.05) is 6.07 Å². The van der Waals surface area contributed by atoms with E-state index in [2.05, 4.69) is 22.0 Å². The number of likely N-dealkylation sites (tertiary alicyclic amines) is 1. The van der Waals surface area contributed by atoms with Gasteiger partial charge in [-0.2, -0.15) is 0 Å². The van der Waals surface area contributed by atoms with Gasteiger partial charge in [0.2, 0.25) is 0 Å². The van der Waals surface area contributed by atoms with Crippen molar-refractivity contribution in [3.05, 3.63) is 29.6 Å². The fourth-order valence-corrected chi connectivity index (χ4v) is 2.58. The first-order valence-corrected chi connectivity index (χ1v) is 6.99. The van der Waals surface area contributed by atoms with E-state index >= 15 is 0 Å². The Morgan fingerprint density at radius 2 is 2.16 bits per heavy atom. The molecule has 2 heterocycles. The summed E-state index contributed by atoms with van der Waals surface area (Å²) in [6.07, 6.45) is 5.27. The van der Waals surface area contributed by atoms with Crippen molar-refractivity contribution in [3.8, 4) is 0 Å². The average molecular weight is 262 g/mol. The van der Waals surface area contributed by atoms with Gasteiger partial charge in [-0.15, -0.1) is 0 Å². The Hall–Kier alpha value is -1.42. The van der Waals surface area contributed by atoms with Crippen LogP contribution in [0.5, 0.6) is 0 Å². The Bertz CT molecular complexity index is 409. The Morgan fingerprint density at radius 3 is 2.74 bits per heavy atom. The maximum atomic E-state index is 10.6. The van der Waals surface area contributed by atoms with E-state index in [1.165, 1.54) is 5.56 Å². The van der Waals surface area contributed by atoms with Gasteiger partial charge in [0.1, 0.15) is 0 Å². The van der Waals surface area contributed by atoms with Gasteiger partial charge in [-0.25, -0.2) is 0 Å². The van der Waals surface area contributed by atoms with Crippen LogP contribution >= 0.6 is 0 Å². The molecule has 1 aliphatic heterocycles. The molecular formula is C15H22N2O2. The molecule has 0 saturated carbocycles. The van der Waals surface area contributed by atoms with E-state index in [4.69, 9.17) is 5.11 Å². The van der Waals surface area contributed by atoms with E-state index in [-0.39, 0.29) is 0 Å². The summed E-state index contributed by atoms with van der Waals surface area (Å²) in [6.45, 7) is 5.07. The number of hydrogen-bond acceptors (Lipinski definition) is 3. The molecule has 1 saturated heterocycles. The zero-order valence-electron chi connectivity index (χ0n) is 11.5. The van der Waals surface area contributed by atoms with Crippen molar-refractivity contribution < 1.29 is 9.90 Å². The molecule has 1 aromatic heterocycles. The van der Waals surface area contributed by atoms with Crippen molar-refractivity contribution in [2.45, 2.75) is 39.2 Å². The van der Waals surface area contributed by atoms with Crippen molar-refractivity contribution >= 4 is 5.97 Å². The van der Waals surface area contributed by atoms with Crippen LogP contribution in [0.1, 0.15) is 36.9 Å². The molecular weight excluding hydrogens is 240 g/mol. The van der Waals surface area contributed by atoms with Crippen LogP contribution in [0.25, 0.3) is 0 Å². The number of carboxylic acids is 1. The lowest BCUT2D eigenvalue weighted by Crippen LogP contribution is -2.33. The Labute approximate surface area is 114 Å². The first-order valence-electron chi connectivity index (χ1n) is 6.99. The maximum Gasteiger partial charge on any atom is 0.303 e. The lowest BCUT2D eigenvalue weighted by atomic mass is 9.92. The second-order valence-electron chi connectivity index (χ2n) is 5.48. The van der Waals surface area contributed by atoms with E-state index in [0.717, 1.165) is 44.6 Å². The molecule has 2 rings (SSSR count). The van der Waals surface area contributed by atoms with Crippen LogP contribution in [0.4, 0.5) is 0 Å². The molecule has 0 atom stereocenters. The van der Waals surface area contributed by atoms with Gasteiger partial charge in [-0.05, 0) is 56.8 Å². The molecule has 0 amide bonds. The molecule has 1 aromatic rings. The molecule has 4 nitrogen and oxygen atoms in total. The van der Waals surface area contributed by atoms with Crippen molar-refractivity contribution in [2.24, 2.45) is 5.92 Å². The van der Waals surface area contributed by atoms with Crippen LogP contribution in [0.15, 0.2) is 18.3 Å². The summed E-state index contributed by atoms with van der Waals surface area (Å²) >= 11 is 0. The highest BCUT2D eigenvalue weighted by Crippen LogP contribution is 2.22. The first kappa shape index (κ1) is 14.0. The summed E-state index contributed by atoms with van der Waals surface area (Å²) < 4.78 is 0. The van der Waals surface area contributed by atoms with E-state index in [1.54, 1.807) is 0 Å². The van der Waals surface area contributed by atoms with Crippen LogP contribution < -0.4 is 0 Å². The number of aromatic nitrogens is 1. The third kappa shape index (κ3) is 4.63. The number of aliphatic carboxylic acids is 1. The minimum absolute atomic E-state index is 0.310. The van der Waals surface area contributed by atoms with Crippen molar-refractivity contribution in [1.82, 2.24) is 9.88 Å². The maximum absolute atomic E-state index is 10.6. The lowest BCUT2D eigenvalue weighted by molar-refractivity contribution is -0.137. The normalized spacial score (nSPS) is 17.5. The summed E-state index contributed by atoms with van der Waals surface area (Å²) in [6, 6.07) is 4.19. The molecule has 0 aliphatic carbocycles. The standard InChI is InChI=1S/C15H22N2O2/c1-12-2-4-14(16-10-12)11-17-8-6-13(7-9-17)3-5-15(18)19/h2,4,10,13H,3,5-9,11H2,1H3,(H,18,19). The lowest BCUT2D eigenvalue weighted by Gasteiger charge is -2.31. The number of pyridine rings is 1. The number of hydrogen-bond donors (Lipinski definition) is 1. The fraction of sp³-hybridized carbons (Fsp3) is 0.600. The van der Waals surface area contributed by atoms with Gasteiger partial charge in [0, 0.05) is 19.2 Å². The van der Waals surface area contributed by atoms with Gasteiger partial charge in [0.05, 0.1) is 5.69 Å². The number of carbonyl (C=O) groups is 1. The molecule has 0 bridgehead atoms. The highest BCUT2D eigenvalue weighted by Gasteiger charge is 2.19. The number of piperidine rings is 1. The average Bonchev–Trinajstić information content (AvgIpc) is 2.40. The zero-order chi connectivity index (χ0) is 13.7. The molecule has 1 fully saturated rings. The molecule has 1 aliphatic rings. The van der Waals surface area contributed by atoms with Gasteiger partial charge in [0.25, 0.3) is 0 Å². The van der Waals surface area contributed by atoms with Crippen molar-refractivity contribution in [2.75, 3.05) is 13.1 Å². The zero-order valence-corrected chi connectivity index (χ0v) is 11.5. The molecule has 0 spiro atoms. The molecule has 0 aromatic carbocycles. The SMILES string of the molecule is Cc1ccc(CN2CCC(CCC(=O)O)CC2)nc1. The molecule has 104 valence electrons. The molecule has 0 radical (unpaired) electrons. The van der Waals surface area contributed by atoms with Crippen LogP contribution in [-0.2, 0) is 11.3 Å². The van der Waals surface area contributed by atoms with Crippen LogP contribution in [0.2, 0.25) is 0 Å². The largest absolute Gasteiger partial charge is 0.481 e. The van der Waals surface area contributed by atoms with Gasteiger partial charge in [-0.3, -0.25) is 14.7 Å². The summed E-state index contributed by atoms with van der Waals surface area (Å²) in [5.74, 6) is -0.0930. The molecule has 19 heavy (non-hydrogen) atoms. The second kappa shape index (κ2) is 6.66.